The number of nitrogens with zero attached hydrogens (tertiary/aromatic N) is 2. The Morgan fingerprint density at radius 2 is 1.26 bits per heavy atom. The van der Waals surface area contributed by atoms with Crippen LogP contribution in [-0.4, -0.2) is 55.7 Å². The molecule has 0 unspecified atom stereocenters. The van der Waals surface area contributed by atoms with Gasteiger partial charge in [0.05, 0.1) is 6.61 Å². The van der Waals surface area contributed by atoms with E-state index in [1.807, 2.05) is 0 Å². The van der Waals surface area contributed by atoms with Gasteiger partial charge < -0.3 is 9.64 Å². The maximum Gasteiger partial charge on any atom is 0.119 e. The average molecular weight is 419 g/mol. The van der Waals surface area contributed by atoms with Gasteiger partial charge in [0.1, 0.15) is 5.75 Å². The van der Waals surface area contributed by atoms with Gasteiger partial charge in [0, 0.05) is 13.1 Å². The molecule has 0 saturated carbocycles. The molecule has 0 atom stereocenters. The molecule has 0 radical (unpaired) electrons. The number of ether oxygens (including phenoxy) is 1. The Balaban J connectivity index is 1.21. The topological polar surface area (TPSA) is 15.7 Å². The highest BCUT2D eigenvalue weighted by Crippen LogP contribution is 2.23. The lowest BCUT2D eigenvalue weighted by Gasteiger charge is -2.26. The van der Waals surface area contributed by atoms with Crippen LogP contribution in [0.15, 0.2) is 54.6 Å². The van der Waals surface area contributed by atoms with E-state index < -0.39 is 0 Å². The molecule has 166 valence electrons. The molecule has 0 amide bonds. The SMILES string of the molecule is C(=C\c1ccc(-c2ccc(OCCCN3CCCCC3)cc2)cc1)/CN1CCCCC1. The molecule has 0 bridgehead atoms. The summed E-state index contributed by atoms with van der Waals surface area (Å²) in [6.45, 7) is 8.07. The van der Waals surface area contributed by atoms with E-state index in [2.05, 4.69) is 70.5 Å². The molecule has 0 aromatic heterocycles. The number of benzene rings is 2. The molecule has 2 aromatic rings. The highest BCUT2D eigenvalue weighted by Gasteiger charge is 2.09. The lowest BCUT2D eigenvalue weighted by Crippen LogP contribution is -2.31. The standard InChI is InChI=1S/C28H38N2O/c1-3-18-29(19-4-1)22-7-9-25-10-12-26(13-11-25)27-14-16-28(17-15-27)31-24-8-23-30-20-5-2-6-21-30/h7,9-17H,1-6,8,18-24H2/b9-7+. The molecule has 3 heteroatoms. The van der Waals surface area contributed by atoms with Crippen LogP contribution < -0.4 is 4.74 Å². The fourth-order valence-electron chi connectivity index (χ4n) is 4.67. The highest BCUT2D eigenvalue weighted by molar-refractivity contribution is 5.66. The van der Waals surface area contributed by atoms with E-state index in [-0.39, 0.29) is 0 Å². The van der Waals surface area contributed by atoms with Crippen molar-refractivity contribution in [3.05, 3.63) is 60.2 Å². The summed E-state index contributed by atoms with van der Waals surface area (Å²) in [5, 5.41) is 0. The van der Waals surface area contributed by atoms with E-state index >= 15 is 0 Å². The second-order valence-corrected chi connectivity index (χ2v) is 9.01. The summed E-state index contributed by atoms with van der Waals surface area (Å²) in [4.78, 5) is 5.12. The number of hydrogen-bond donors (Lipinski definition) is 0. The number of piperidine rings is 2. The molecule has 0 N–H and O–H groups in total. The minimum absolute atomic E-state index is 0.800. The zero-order valence-electron chi connectivity index (χ0n) is 19.0. The van der Waals surface area contributed by atoms with Crippen LogP contribution in [0.1, 0.15) is 50.5 Å². The summed E-state index contributed by atoms with van der Waals surface area (Å²) >= 11 is 0. The fraction of sp³-hybridized carbons (Fsp3) is 0.500. The van der Waals surface area contributed by atoms with Crippen LogP contribution in [0.3, 0.4) is 0 Å². The Hall–Kier alpha value is -2.10. The molecular weight excluding hydrogens is 380 g/mol. The van der Waals surface area contributed by atoms with Crippen molar-refractivity contribution in [3.8, 4) is 16.9 Å². The van der Waals surface area contributed by atoms with Crippen molar-refractivity contribution < 1.29 is 4.74 Å². The largest absolute Gasteiger partial charge is 0.494 e. The highest BCUT2D eigenvalue weighted by atomic mass is 16.5. The molecule has 2 saturated heterocycles. The minimum Gasteiger partial charge on any atom is -0.494 e. The van der Waals surface area contributed by atoms with Crippen LogP contribution in [-0.2, 0) is 0 Å². The van der Waals surface area contributed by atoms with Gasteiger partial charge in [0.25, 0.3) is 0 Å². The van der Waals surface area contributed by atoms with Gasteiger partial charge in [0.15, 0.2) is 0 Å². The number of hydrogen-bond acceptors (Lipinski definition) is 3. The molecule has 2 aliphatic heterocycles. The van der Waals surface area contributed by atoms with Crippen molar-refractivity contribution in [3.63, 3.8) is 0 Å². The molecule has 2 fully saturated rings. The zero-order chi connectivity index (χ0) is 21.1. The lowest BCUT2D eigenvalue weighted by molar-refractivity contribution is 0.205. The molecule has 2 aromatic carbocycles. The molecule has 31 heavy (non-hydrogen) atoms. The summed E-state index contributed by atoms with van der Waals surface area (Å²) in [7, 11) is 0. The first-order valence-electron chi connectivity index (χ1n) is 12.3. The Kier molecular flexibility index (Phi) is 8.61. The normalized spacial score (nSPS) is 18.5. The summed E-state index contributed by atoms with van der Waals surface area (Å²) in [5.74, 6) is 0.972. The third-order valence-corrected chi connectivity index (χ3v) is 6.56. The summed E-state index contributed by atoms with van der Waals surface area (Å²) < 4.78 is 5.96. The molecule has 2 heterocycles. The first kappa shape index (κ1) is 22.1. The van der Waals surface area contributed by atoms with Crippen molar-refractivity contribution in [1.29, 1.82) is 0 Å². The Morgan fingerprint density at radius 3 is 1.90 bits per heavy atom. The van der Waals surface area contributed by atoms with E-state index in [0.717, 1.165) is 31.9 Å². The van der Waals surface area contributed by atoms with Gasteiger partial charge in [-0.25, -0.2) is 0 Å². The summed E-state index contributed by atoms with van der Waals surface area (Å²) in [6.07, 6.45) is 13.9. The third-order valence-electron chi connectivity index (χ3n) is 6.56. The van der Waals surface area contributed by atoms with Crippen molar-refractivity contribution in [1.82, 2.24) is 9.80 Å². The van der Waals surface area contributed by atoms with Crippen LogP contribution >= 0.6 is 0 Å². The van der Waals surface area contributed by atoms with Crippen molar-refractivity contribution in [2.75, 3.05) is 45.9 Å². The van der Waals surface area contributed by atoms with Gasteiger partial charge in [-0.15, -0.1) is 0 Å². The molecule has 0 spiro atoms. The maximum atomic E-state index is 5.96. The van der Waals surface area contributed by atoms with Gasteiger partial charge in [-0.05, 0) is 87.1 Å². The quantitative estimate of drug-likeness (QED) is 0.457. The van der Waals surface area contributed by atoms with E-state index in [1.54, 1.807) is 0 Å². The zero-order valence-corrected chi connectivity index (χ0v) is 19.0. The summed E-state index contributed by atoms with van der Waals surface area (Å²) in [6, 6.07) is 17.4. The number of likely N-dealkylation sites (tertiary alicyclic amines) is 2. The molecular formula is C28H38N2O. The average Bonchev–Trinajstić information content (AvgIpc) is 2.84. The predicted molar refractivity (Wildman–Crippen MR) is 132 cm³/mol. The van der Waals surface area contributed by atoms with E-state index in [4.69, 9.17) is 4.74 Å². The monoisotopic (exact) mass is 418 g/mol. The van der Waals surface area contributed by atoms with Crippen molar-refractivity contribution in [2.45, 2.75) is 44.9 Å². The molecule has 4 rings (SSSR count). The van der Waals surface area contributed by atoms with E-state index in [9.17, 15) is 0 Å². The molecule has 0 aliphatic carbocycles. The van der Waals surface area contributed by atoms with Crippen LogP contribution in [0.25, 0.3) is 17.2 Å². The first-order chi connectivity index (χ1) is 15.4. The second kappa shape index (κ2) is 12.1. The van der Waals surface area contributed by atoms with E-state index in [1.165, 1.54) is 81.4 Å². The van der Waals surface area contributed by atoms with Gasteiger partial charge in [-0.2, -0.15) is 0 Å². The van der Waals surface area contributed by atoms with Gasteiger partial charge in [0.2, 0.25) is 0 Å². The predicted octanol–water partition coefficient (Wildman–Crippen LogP) is 6.11. The Bertz CT molecular complexity index is 785. The van der Waals surface area contributed by atoms with Gasteiger partial charge >= 0.3 is 0 Å². The molecule has 2 aliphatic rings. The van der Waals surface area contributed by atoms with Gasteiger partial charge in [-0.3, -0.25) is 4.90 Å². The van der Waals surface area contributed by atoms with Crippen LogP contribution in [0, 0.1) is 0 Å². The Morgan fingerprint density at radius 1 is 0.677 bits per heavy atom. The van der Waals surface area contributed by atoms with Crippen LogP contribution in [0.2, 0.25) is 0 Å². The maximum absolute atomic E-state index is 5.96. The first-order valence-corrected chi connectivity index (χ1v) is 12.3. The smallest absolute Gasteiger partial charge is 0.119 e. The van der Waals surface area contributed by atoms with Crippen molar-refractivity contribution in [2.24, 2.45) is 0 Å². The van der Waals surface area contributed by atoms with Crippen LogP contribution in [0.4, 0.5) is 0 Å². The van der Waals surface area contributed by atoms with Gasteiger partial charge in [-0.1, -0.05) is 61.4 Å². The van der Waals surface area contributed by atoms with Crippen LogP contribution in [0.5, 0.6) is 5.75 Å². The minimum atomic E-state index is 0.800. The fourth-order valence-corrected chi connectivity index (χ4v) is 4.67. The number of rotatable bonds is 9. The summed E-state index contributed by atoms with van der Waals surface area (Å²) in [5.41, 5.74) is 3.77. The molecule has 3 nitrogen and oxygen atoms in total. The van der Waals surface area contributed by atoms with Crippen molar-refractivity contribution >= 4 is 6.08 Å². The Labute approximate surface area is 188 Å². The van der Waals surface area contributed by atoms with E-state index in [0.29, 0.717) is 0 Å². The second-order valence-electron chi connectivity index (χ2n) is 9.01. The third kappa shape index (κ3) is 7.22. The lowest BCUT2D eigenvalue weighted by atomic mass is 10.0.